The highest BCUT2D eigenvalue weighted by Crippen LogP contribution is 2.44. The first-order chi connectivity index (χ1) is 21.0. The molecule has 0 spiro atoms. The normalized spacial score (nSPS) is 23.0. The van der Waals surface area contributed by atoms with Gasteiger partial charge >= 0.3 is 17.8 Å². The quantitative estimate of drug-likeness (QED) is 0.292. The minimum absolute atomic E-state index is 0.0364. The molecule has 0 radical (unpaired) electrons. The largest absolute Gasteiger partial charge is 0.466 e. The van der Waals surface area contributed by atoms with E-state index in [1.165, 1.54) is 67.6 Å². The lowest BCUT2D eigenvalue weighted by Crippen LogP contribution is -2.58. The van der Waals surface area contributed by atoms with Crippen LogP contribution in [0.1, 0.15) is 60.9 Å². The number of ether oxygens (including phenoxy) is 1. The highest BCUT2D eigenvalue weighted by Gasteiger charge is 2.42. The molecule has 1 atom stereocenters. The van der Waals surface area contributed by atoms with Gasteiger partial charge in [0, 0.05) is 17.8 Å². The number of quaternary nitrogens is 1. The number of nitrogens with one attached hydrogen (secondary N) is 1. The molecule has 4 aliphatic rings. The van der Waals surface area contributed by atoms with Gasteiger partial charge in [0.25, 0.3) is 0 Å². The van der Waals surface area contributed by atoms with Gasteiger partial charge in [0.15, 0.2) is 0 Å². The van der Waals surface area contributed by atoms with E-state index >= 15 is 0 Å². The number of benzene rings is 2. The van der Waals surface area contributed by atoms with Gasteiger partial charge in [-0.05, 0) is 80.0 Å². The van der Waals surface area contributed by atoms with E-state index in [0.29, 0.717) is 17.5 Å². The Morgan fingerprint density at radius 3 is 2.55 bits per heavy atom. The van der Waals surface area contributed by atoms with Crippen LogP contribution >= 0.6 is 0 Å². The smallest absolute Gasteiger partial charge is 0.416 e. The molecule has 7 rings (SSSR count). The van der Waals surface area contributed by atoms with Crippen LogP contribution in [0.3, 0.4) is 0 Å². The SMILES string of the molecule is COC(=O)C1=C(C)N(c2cccc(C(F)(F)F)c2)c2n[nH]c(=O)n2[C@@H]1c1ccc(C#N)cc1CCC[N+]12CCC(CC1)CC2. The maximum atomic E-state index is 13.6. The molecule has 44 heavy (non-hydrogen) atoms. The average Bonchev–Trinajstić information content (AvgIpc) is 3.41. The molecule has 4 aliphatic heterocycles. The molecule has 0 unspecified atom stereocenters. The Hall–Kier alpha value is -4.37. The fourth-order valence-corrected chi connectivity index (χ4v) is 7.32. The van der Waals surface area contributed by atoms with Crippen LogP contribution < -0.4 is 10.6 Å². The fraction of sp³-hybridized carbons (Fsp3) is 0.438. The van der Waals surface area contributed by atoms with Crippen molar-refractivity contribution in [3.05, 3.63) is 86.5 Å². The third kappa shape index (κ3) is 5.19. The summed E-state index contributed by atoms with van der Waals surface area (Å²) in [6.45, 7) is 6.16. The number of carbonyl (C=O) groups excluding carboxylic acids is 1. The molecule has 3 aromatic rings. The molecule has 0 aliphatic carbocycles. The number of carbonyl (C=O) groups is 1. The molecule has 5 heterocycles. The third-order valence-electron chi connectivity index (χ3n) is 9.66. The fourth-order valence-electron chi connectivity index (χ4n) is 7.32. The number of piperidine rings is 3. The maximum Gasteiger partial charge on any atom is 0.416 e. The second kappa shape index (κ2) is 11.3. The number of aromatic nitrogens is 3. The van der Waals surface area contributed by atoms with Gasteiger partial charge in [0.1, 0.15) is 6.04 Å². The highest BCUT2D eigenvalue weighted by molar-refractivity contribution is 5.93. The summed E-state index contributed by atoms with van der Waals surface area (Å²) in [5.41, 5.74) is 0.833. The molecule has 9 nitrogen and oxygen atoms in total. The van der Waals surface area contributed by atoms with Crippen LogP contribution in [-0.2, 0) is 22.1 Å². The number of hydrogen-bond acceptors (Lipinski definition) is 6. The van der Waals surface area contributed by atoms with E-state index < -0.39 is 29.4 Å². The van der Waals surface area contributed by atoms with Gasteiger partial charge in [0.05, 0.1) is 56.1 Å². The Morgan fingerprint density at radius 1 is 1.16 bits per heavy atom. The van der Waals surface area contributed by atoms with Crippen LogP contribution in [0, 0.1) is 17.2 Å². The predicted molar refractivity (Wildman–Crippen MR) is 156 cm³/mol. The standard InChI is InChI=1S/C32H33F3N6O3/c1-20-27(29(42)44-2)28(40-30(37-38-31(40)43)39(20)25-7-3-6-24(18-25)32(33,34)35)26-9-8-22(19-36)17-23(26)5-4-13-41-14-10-21(11-15-41)12-16-41/h3,6-9,17-18,21,28H,4-5,10-16H2,1-2H3/p+1/t21?,28-,41?/m1/s1. The molecular weight excluding hydrogens is 573 g/mol. The Morgan fingerprint density at radius 2 is 1.89 bits per heavy atom. The summed E-state index contributed by atoms with van der Waals surface area (Å²) >= 11 is 0. The van der Waals surface area contributed by atoms with Crippen LogP contribution in [0.2, 0.25) is 0 Å². The molecule has 0 saturated carbocycles. The lowest BCUT2D eigenvalue weighted by atomic mass is 9.85. The number of alkyl halides is 3. The van der Waals surface area contributed by atoms with Crippen LogP contribution in [-0.4, -0.2) is 58.5 Å². The van der Waals surface area contributed by atoms with E-state index in [2.05, 4.69) is 16.3 Å². The Balaban J connectivity index is 1.45. The number of aryl methyl sites for hydroxylation is 1. The molecule has 2 aromatic carbocycles. The van der Waals surface area contributed by atoms with Crippen LogP contribution in [0.25, 0.3) is 0 Å². The first-order valence-electron chi connectivity index (χ1n) is 14.9. The molecular formula is C32H34F3N6O3+. The number of anilines is 2. The zero-order chi connectivity index (χ0) is 31.2. The first-order valence-corrected chi connectivity index (χ1v) is 14.9. The highest BCUT2D eigenvalue weighted by atomic mass is 19.4. The molecule has 1 N–H and O–H groups in total. The van der Waals surface area contributed by atoms with Crippen molar-refractivity contribution < 1.29 is 27.2 Å². The number of fused-ring (bicyclic) bond motifs is 4. The number of nitrogens with zero attached hydrogens (tertiary/aromatic N) is 5. The molecule has 2 bridgehead atoms. The third-order valence-corrected chi connectivity index (χ3v) is 9.66. The number of allylic oxidation sites excluding steroid dienone is 1. The minimum Gasteiger partial charge on any atom is -0.466 e. The van der Waals surface area contributed by atoms with Gasteiger partial charge in [-0.3, -0.25) is 4.90 Å². The van der Waals surface area contributed by atoms with Gasteiger partial charge < -0.3 is 9.22 Å². The van der Waals surface area contributed by atoms with E-state index in [0.717, 1.165) is 41.1 Å². The van der Waals surface area contributed by atoms with Gasteiger partial charge in [-0.15, -0.1) is 5.10 Å². The minimum atomic E-state index is -4.60. The van der Waals surface area contributed by atoms with Crippen molar-refractivity contribution in [2.24, 2.45) is 5.92 Å². The van der Waals surface area contributed by atoms with Crippen molar-refractivity contribution in [3.8, 4) is 6.07 Å². The van der Waals surface area contributed by atoms with E-state index in [1.807, 2.05) is 0 Å². The first kappa shape index (κ1) is 29.7. The van der Waals surface area contributed by atoms with Crippen molar-refractivity contribution in [1.29, 1.82) is 5.26 Å². The predicted octanol–water partition coefficient (Wildman–Crippen LogP) is 5.21. The van der Waals surface area contributed by atoms with Crippen molar-refractivity contribution in [3.63, 3.8) is 0 Å². The summed E-state index contributed by atoms with van der Waals surface area (Å²) in [6, 6.07) is 11.0. The zero-order valence-electron chi connectivity index (χ0n) is 24.7. The van der Waals surface area contributed by atoms with Gasteiger partial charge in [-0.25, -0.2) is 19.3 Å². The average molecular weight is 608 g/mol. The van der Waals surface area contributed by atoms with Gasteiger partial charge in [-0.2, -0.15) is 18.4 Å². The van der Waals surface area contributed by atoms with Crippen molar-refractivity contribution in [2.75, 3.05) is 38.2 Å². The number of rotatable bonds is 7. The number of methoxy groups -OCH3 is 1. The number of halogens is 3. The zero-order valence-corrected chi connectivity index (χ0v) is 24.7. The number of aromatic amines is 1. The van der Waals surface area contributed by atoms with E-state index in [9.17, 15) is 28.0 Å². The molecule has 230 valence electrons. The number of H-pyrrole nitrogens is 1. The van der Waals surface area contributed by atoms with Crippen molar-refractivity contribution >= 4 is 17.6 Å². The second-order valence-corrected chi connectivity index (χ2v) is 12.1. The summed E-state index contributed by atoms with van der Waals surface area (Å²) in [4.78, 5) is 28.2. The van der Waals surface area contributed by atoms with Crippen LogP contribution in [0.5, 0.6) is 0 Å². The Kier molecular flexibility index (Phi) is 7.61. The molecule has 1 aromatic heterocycles. The molecule has 0 amide bonds. The number of esters is 1. The lowest BCUT2D eigenvalue weighted by molar-refractivity contribution is -0.942. The Labute approximate surface area is 252 Å². The van der Waals surface area contributed by atoms with Crippen LogP contribution in [0.15, 0.2) is 58.5 Å². The summed E-state index contributed by atoms with van der Waals surface area (Å²) < 4.78 is 48.5. The summed E-state index contributed by atoms with van der Waals surface area (Å²) in [7, 11) is 1.22. The number of hydrogen-bond donors (Lipinski definition) is 1. The lowest BCUT2D eigenvalue weighted by Gasteiger charge is -2.49. The van der Waals surface area contributed by atoms with Crippen molar-refractivity contribution in [2.45, 2.75) is 51.2 Å². The van der Waals surface area contributed by atoms with Crippen LogP contribution in [0.4, 0.5) is 24.8 Å². The monoisotopic (exact) mass is 607 g/mol. The van der Waals surface area contributed by atoms with Crippen molar-refractivity contribution in [1.82, 2.24) is 14.8 Å². The van der Waals surface area contributed by atoms with E-state index in [1.54, 1.807) is 25.1 Å². The summed E-state index contributed by atoms with van der Waals surface area (Å²) in [5.74, 6) is 0.160. The summed E-state index contributed by atoms with van der Waals surface area (Å²) in [5, 5.41) is 16.3. The topological polar surface area (TPSA) is 104 Å². The number of nitriles is 1. The van der Waals surface area contributed by atoms with Gasteiger partial charge in [0.2, 0.25) is 5.95 Å². The van der Waals surface area contributed by atoms with E-state index in [4.69, 9.17) is 4.74 Å². The summed E-state index contributed by atoms with van der Waals surface area (Å²) in [6.07, 6.45) is 0.667. The van der Waals surface area contributed by atoms with Gasteiger partial charge in [-0.1, -0.05) is 12.1 Å². The van der Waals surface area contributed by atoms with E-state index in [-0.39, 0.29) is 22.9 Å². The second-order valence-electron chi connectivity index (χ2n) is 12.1. The molecule has 3 saturated heterocycles. The Bertz CT molecular complexity index is 1710. The molecule has 3 fully saturated rings. The maximum absolute atomic E-state index is 13.6. The molecule has 12 heteroatoms.